The van der Waals surface area contributed by atoms with Gasteiger partial charge in [0, 0.05) is 13.1 Å². The zero-order valence-electron chi connectivity index (χ0n) is 15.3. The van der Waals surface area contributed by atoms with Gasteiger partial charge in [-0.2, -0.15) is 0 Å². The molecule has 0 spiro atoms. The summed E-state index contributed by atoms with van der Waals surface area (Å²) in [7, 11) is 1.65. The standard InChI is InChI=1S/C20H29N3O3/c1-25-19-9-4-2-7-17(19)22-13-11-16(24)15-23-18-8-3-5-10-20(18)26-14-6-12-21/h2-5,7-10,16,22-24H,6,11-15,21H2,1H3. The van der Waals surface area contributed by atoms with Crippen molar-refractivity contribution in [3.63, 3.8) is 0 Å². The van der Waals surface area contributed by atoms with Crippen LogP contribution >= 0.6 is 0 Å². The fourth-order valence-corrected chi connectivity index (χ4v) is 2.50. The van der Waals surface area contributed by atoms with E-state index in [0.29, 0.717) is 32.7 Å². The smallest absolute Gasteiger partial charge is 0.142 e. The summed E-state index contributed by atoms with van der Waals surface area (Å²) in [6, 6.07) is 15.5. The zero-order chi connectivity index (χ0) is 18.6. The molecule has 0 bridgehead atoms. The van der Waals surface area contributed by atoms with Gasteiger partial charge in [0.2, 0.25) is 0 Å². The minimum atomic E-state index is -0.477. The molecule has 26 heavy (non-hydrogen) atoms. The first-order valence-corrected chi connectivity index (χ1v) is 8.95. The van der Waals surface area contributed by atoms with Crippen molar-refractivity contribution in [1.82, 2.24) is 0 Å². The van der Waals surface area contributed by atoms with Gasteiger partial charge >= 0.3 is 0 Å². The number of nitrogens with two attached hydrogens (primary N) is 1. The molecule has 2 aromatic carbocycles. The SMILES string of the molecule is COc1ccccc1NCCC(O)CNc1ccccc1OCCCN. The van der Waals surface area contributed by atoms with E-state index in [1.807, 2.05) is 48.5 Å². The number of aliphatic hydroxyl groups is 1. The van der Waals surface area contributed by atoms with E-state index in [4.69, 9.17) is 15.2 Å². The third kappa shape index (κ3) is 6.46. The number of nitrogens with one attached hydrogen (secondary N) is 2. The van der Waals surface area contributed by atoms with Crippen molar-refractivity contribution in [3.05, 3.63) is 48.5 Å². The Kier molecular flexibility index (Phi) is 8.59. The quantitative estimate of drug-likeness (QED) is 0.436. The summed E-state index contributed by atoms with van der Waals surface area (Å²) in [4.78, 5) is 0. The molecule has 6 heteroatoms. The Labute approximate surface area is 155 Å². The molecule has 5 N–H and O–H groups in total. The van der Waals surface area contributed by atoms with E-state index in [2.05, 4.69) is 10.6 Å². The molecule has 1 unspecified atom stereocenters. The molecule has 2 aromatic rings. The van der Waals surface area contributed by atoms with Crippen molar-refractivity contribution in [2.24, 2.45) is 5.73 Å². The highest BCUT2D eigenvalue weighted by atomic mass is 16.5. The van der Waals surface area contributed by atoms with E-state index >= 15 is 0 Å². The second-order valence-electron chi connectivity index (χ2n) is 5.94. The number of hydrogen-bond acceptors (Lipinski definition) is 6. The number of ether oxygens (including phenoxy) is 2. The fraction of sp³-hybridized carbons (Fsp3) is 0.400. The minimum Gasteiger partial charge on any atom is -0.495 e. The van der Waals surface area contributed by atoms with Gasteiger partial charge < -0.3 is 30.9 Å². The van der Waals surface area contributed by atoms with Gasteiger partial charge in [0.25, 0.3) is 0 Å². The highest BCUT2D eigenvalue weighted by Gasteiger charge is 2.08. The highest BCUT2D eigenvalue weighted by Crippen LogP contribution is 2.24. The van der Waals surface area contributed by atoms with Crippen LogP contribution in [0.3, 0.4) is 0 Å². The maximum absolute atomic E-state index is 10.2. The Morgan fingerprint density at radius 1 is 1.00 bits per heavy atom. The maximum atomic E-state index is 10.2. The van der Waals surface area contributed by atoms with E-state index in [-0.39, 0.29) is 0 Å². The van der Waals surface area contributed by atoms with Crippen LogP contribution in [0.15, 0.2) is 48.5 Å². The van der Waals surface area contributed by atoms with E-state index in [9.17, 15) is 5.11 Å². The lowest BCUT2D eigenvalue weighted by Gasteiger charge is -2.17. The van der Waals surface area contributed by atoms with Gasteiger partial charge in [0.05, 0.1) is 31.2 Å². The first kappa shape index (κ1) is 19.9. The van der Waals surface area contributed by atoms with E-state index in [1.165, 1.54) is 0 Å². The predicted molar refractivity (Wildman–Crippen MR) is 106 cm³/mol. The van der Waals surface area contributed by atoms with Crippen LogP contribution in [0.2, 0.25) is 0 Å². The largest absolute Gasteiger partial charge is 0.495 e. The molecule has 0 radical (unpaired) electrons. The monoisotopic (exact) mass is 359 g/mol. The topological polar surface area (TPSA) is 88.8 Å². The van der Waals surface area contributed by atoms with Gasteiger partial charge in [-0.15, -0.1) is 0 Å². The molecule has 0 fully saturated rings. The molecular weight excluding hydrogens is 330 g/mol. The Hall–Kier alpha value is -2.44. The van der Waals surface area contributed by atoms with Crippen LogP contribution in [0.1, 0.15) is 12.8 Å². The van der Waals surface area contributed by atoms with Crippen LogP contribution in [0.25, 0.3) is 0 Å². The molecule has 0 amide bonds. The summed E-state index contributed by atoms with van der Waals surface area (Å²) < 4.78 is 11.0. The first-order valence-electron chi connectivity index (χ1n) is 8.95. The minimum absolute atomic E-state index is 0.449. The number of para-hydroxylation sites is 4. The molecule has 2 rings (SSSR count). The number of anilines is 2. The number of rotatable bonds is 12. The van der Waals surface area contributed by atoms with E-state index in [0.717, 1.165) is 29.3 Å². The van der Waals surface area contributed by atoms with Crippen LogP contribution in [-0.2, 0) is 0 Å². The number of hydrogen-bond donors (Lipinski definition) is 4. The lowest BCUT2D eigenvalue weighted by molar-refractivity contribution is 0.181. The molecule has 0 saturated carbocycles. The molecule has 0 saturated heterocycles. The Balaban J connectivity index is 1.76. The van der Waals surface area contributed by atoms with Gasteiger partial charge in [-0.1, -0.05) is 24.3 Å². The van der Waals surface area contributed by atoms with Crippen LogP contribution in [-0.4, -0.2) is 44.6 Å². The zero-order valence-corrected chi connectivity index (χ0v) is 15.3. The molecule has 0 heterocycles. The third-order valence-electron chi connectivity index (χ3n) is 3.92. The highest BCUT2D eigenvalue weighted by molar-refractivity contribution is 5.57. The van der Waals surface area contributed by atoms with E-state index < -0.39 is 6.10 Å². The van der Waals surface area contributed by atoms with Crippen molar-refractivity contribution < 1.29 is 14.6 Å². The number of aliphatic hydroxyl groups excluding tert-OH is 1. The molecule has 0 aromatic heterocycles. The lowest BCUT2D eigenvalue weighted by Crippen LogP contribution is -2.22. The van der Waals surface area contributed by atoms with Crippen molar-refractivity contribution in [3.8, 4) is 11.5 Å². The predicted octanol–water partition coefficient (Wildman–Crippen LogP) is 2.70. The molecular formula is C20H29N3O3. The second-order valence-corrected chi connectivity index (χ2v) is 5.94. The molecule has 142 valence electrons. The van der Waals surface area contributed by atoms with E-state index in [1.54, 1.807) is 7.11 Å². The van der Waals surface area contributed by atoms with Gasteiger partial charge in [-0.3, -0.25) is 0 Å². The summed E-state index contributed by atoms with van der Waals surface area (Å²) in [6.45, 7) is 2.29. The molecule has 1 atom stereocenters. The van der Waals surface area contributed by atoms with Crippen molar-refractivity contribution in [2.75, 3.05) is 44.0 Å². The van der Waals surface area contributed by atoms with Crippen molar-refractivity contribution in [2.45, 2.75) is 18.9 Å². The summed E-state index contributed by atoms with van der Waals surface area (Å²) in [5.74, 6) is 1.57. The maximum Gasteiger partial charge on any atom is 0.142 e. The molecule has 0 aliphatic carbocycles. The lowest BCUT2D eigenvalue weighted by atomic mass is 10.2. The third-order valence-corrected chi connectivity index (χ3v) is 3.92. The Morgan fingerprint density at radius 3 is 2.35 bits per heavy atom. The van der Waals surface area contributed by atoms with Crippen molar-refractivity contribution >= 4 is 11.4 Å². The van der Waals surface area contributed by atoms with Crippen LogP contribution < -0.4 is 25.8 Å². The second kappa shape index (κ2) is 11.2. The van der Waals surface area contributed by atoms with Crippen molar-refractivity contribution in [1.29, 1.82) is 0 Å². The Morgan fingerprint density at radius 2 is 1.65 bits per heavy atom. The van der Waals surface area contributed by atoms with Gasteiger partial charge in [-0.05, 0) is 43.7 Å². The van der Waals surface area contributed by atoms with Crippen LogP contribution in [0.4, 0.5) is 11.4 Å². The summed E-state index contributed by atoms with van der Waals surface area (Å²) in [5.41, 5.74) is 7.29. The summed E-state index contributed by atoms with van der Waals surface area (Å²) in [6.07, 6.45) is 0.946. The summed E-state index contributed by atoms with van der Waals surface area (Å²) in [5, 5.41) is 16.8. The normalized spacial score (nSPS) is 11.7. The number of benzene rings is 2. The van der Waals surface area contributed by atoms with Gasteiger partial charge in [0.15, 0.2) is 0 Å². The molecule has 0 aliphatic rings. The van der Waals surface area contributed by atoms with Crippen LogP contribution in [0.5, 0.6) is 11.5 Å². The first-order chi connectivity index (χ1) is 12.7. The van der Waals surface area contributed by atoms with Crippen LogP contribution in [0, 0.1) is 0 Å². The average molecular weight is 359 g/mol. The van der Waals surface area contributed by atoms with Gasteiger partial charge in [0.1, 0.15) is 11.5 Å². The molecule has 6 nitrogen and oxygen atoms in total. The number of methoxy groups -OCH3 is 1. The summed E-state index contributed by atoms with van der Waals surface area (Å²) >= 11 is 0. The van der Waals surface area contributed by atoms with Gasteiger partial charge in [-0.25, -0.2) is 0 Å². The fourth-order valence-electron chi connectivity index (χ4n) is 2.50. The molecule has 0 aliphatic heterocycles. The Bertz CT molecular complexity index is 652. The average Bonchev–Trinajstić information content (AvgIpc) is 2.68.